The fourth-order valence-corrected chi connectivity index (χ4v) is 4.53. The molecule has 0 aromatic rings. The van der Waals surface area contributed by atoms with E-state index in [2.05, 4.69) is 6.92 Å². The highest BCUT2D eigenvalue weighted by Crippen LogP contribution is 2.18. The Kier molecular flexibility index (Phi) is 18.9. The fraction of sp³-hybridized carbons (Fsp3) is 1.00. The molecule has 0 amide bonds. The van der Waals surface area contributed by atoms with Crippen LogP contribution < -0.4 is 0 Å². The van der Waals surface area contributed by atoms with Crippen LogP contribution in [0.2, 0.25) is 6.04 Å². The van der Waals surface area contributed by atoms with Gasteiger partial charge in [0.15, 0.2) is 9.52 Å². The second-order valence-corrected chi connectivity index (χ2v) is 8.14. The normalized spacial score (nSPS) is 12.0. The number of ether oxygens (including phenoxy) is 3. The van der Waals surface area contributed by atoms with Crippen molar-refractivity contribution in [2.24, 2.45) is 0 Å². The van der Waals surface area contributed by atoms with Crippen LogP contribution in [-0.4, -0.2) is 34.9 Å². The SMILES string of the molecule is CCCCCCCCCCCCCC[Si]C(OCC)(OCC)OCC. The highest BCUT2D eigenvalue weighted by atomic mass is 28.2. The smallest absolute Gasteiger partial charge is 0.251 e. The van der Waals surface area contributed by atoms with Gasteiger partial charge in [-0.05, 0) is 20.8 Å². The van der Waals surface area contributed by atoms with Crippen molar-refractivity contribution in [2.75, 3.05) is 19.8 Å². The number of hydrogen-bond donors (Lipinski definition) is 0. The van der Waals surface area contributed by atoms with Gasteiger partial charge in [0.25, 0.3) is 5.60 Å². The van der Waals surface area contributed by atoms with Gasteiger partial charge >= 0.3 is 0 Å². The zero-order valence-corrected chi connectivity index (χ0v) is 18.5. The summed E-state index contributed by atoms with van der Waals surface area (Å²) in [6.07, 6.45) is 16.7. The molecule has 0 atom stereocenters. The van der Waals surface area contributed by atoms with Crippen molar-refractivity contribution in [3.8, 4) is 0 Å². The van der Waals surface area contributed by atoms with E-state index in [1.165, 1.54) is 77.0 Å². The molecule has 0 aliphatic carbocycles. The lowest BCUT2D eigenvalue weighted by Gasteiger charge is -2.32. The Morgan fingerprint density at radius 1 is 0.520 bits per heavy atom. The van der Waals surface area contributed by atoms with E-state index in [4.69, 9.17) is 14.2 Å². The molecule has 2 radical (unpaired) electrons. The lowest BCUT2D eigenvalue weighted by Crippen LogP contribution is -2.45. The van der Waals surface area contributed by atoms with E-state index in [1.54, 1.807) is 0 Å². The van der Waals surface area contributed by atoms with Gasteiger partial charge in [-0.15, -0.1) is 0 Å². The molecule has 4 heteroatoms. The van der Waals surface area contributed by atoms with Crippen LogP contribution in [0.4, 0.5) is 0 Å². The second kappa shape index (κ2) is 18.9. The number of unbranched alkanes of at least 4 members (excludes halogenated alkanes) is 11. The minimum atomic E-state index is -0.782. The van der Waals surface area contributed by atoms with Gasteiger partial charge in [-0.1, -0.05) is 90.0 Å². The fourth-order valence-electron chi connectivity index (χ4n) is 3.06. The summed E-state index contributed by atoms with van der Waals surface area (Å²) in [5, 5.41) is 0. The van der Waals surface area contributed by atoms with Crippen molar-refractivity contribution in [1.29, 1.82) is 0 Å². The summed E-state index contributed by atoms with van der Waals surface area (Å²) in [7, 11) is 0.559. The first-order chi connectivity index (χ1) is 12.2. The predicted molar refractivity (Wildman–Crippen MR) is 109 cm³/mol. The first-order valence-corrected chi connectivity index (χ1v) is 12.1. The van der Waals surface area contributed by atoms with Gasteiger partial charge in [0, 0.05) is 19.8 Å². The molecule has 0 aromatic carbocycles. The van der Waals surface area contributed by atoms with Crippen molar-refractivity contribution in [3.05, 3.63) is 0 Å². The maximum Gasteiger partial charge on any atom is 0.251 e. The minimum absolute atomic E-state index is 0.559. The van der Waals surface area contributed by atoms with Gasteiger partial charge in [-0.3, -0.25) is 0 Å². The minimum Gasteiger partial charge on any atom is -0.332 e. The summed E-state index contributed by atoms with van der Waals surface area (Å²) >= 11 is 0. The van der Waals surface area contributed by atoms with Gasteiger partial charge in [0.05, 0.1) is 0 Å². The maximum atomic E-state index is 5.79. The van der Waals surface area contributed by atoms with Crippen LogP contribution in [0, 0.1) is 0 Å². The Morgan fingerprint density at radius 3 is 1.24 bits per heavy atom. The Bertz CT molecular complexity index is 245. The molecule has 0 aliphatic heterocycles. The summed E-state index contributed by atoms with van der Waals surface area (Å²) in [6, 6.07) is 1.14. The van der Waals surface area contributed by atoms with Crippen molar-refractivity contribution in [2.45, 2.75) is 116 Å². The molecule has 0 bridgehead atoms. The second-order valence-electron chi connectivity index (χ2n) is 6.67. The van der Waals surface area contributed by atoms with Crippen LogP contribution in [0.5, 0.6) is 0 Å². The molecule has 0 spiro atoms. The highest BCUT2D eigenvalue weighted by Gasteiger charge is 2.32. The van der Waals surface area contributed by atoms with E-state index in [9.17, 15) is 0 Å². The van der Waals surface area contributed by atoms with E-state index in [-0.39, 0.29) is 0 Å². The molecule has 0 heterocycles. The third-order valence-electron chi connectivity index (χ3n) is 4.37. The first kappa shape index (κ1) is 25.1. The lowest BCUT2D eigenvalue weighted by molar-refractivity contribution is -0.323. The molecular weight excluding hydrogens is 328 g/mol. The van der Waals surface area contributed by atoms with Crippen molar-refractivity contribution < 1.29 is 14.2 Å². The summed E-state index contributed by atoms with van der Waals surface area (Å²) in [5.74, 6) is 0. The standard InChI is InChI=1S/C21H44O3Si/c1-5-9-10-11-12-13-14-15-16-17-18-19-20-25-21(22-6-2,23-7-3)24-8-4/h5-20H2,1-4H3. The summed E-state index contributed by atoms with van der Waals surface area (Å²) in [5.41, 5.74) is -0.782. The molecule has 0 fully saturated rings. The quantitative estimate of drug-likeness (QED) is 0.138. The molecule has 25 heavy (non-hydrogen) atoms. The van der Waals surface area contributed by atoms with Crippen LogP contribution in [0.3, 0.4) is 0 Å². The molecule has 0 unspecified atom stereocenters. The van der Waals surface area contributed by atoms with Crippen LogP contribution >= 0.6 is 0 Å². The van der Waals surface area contributed by atoms with Gasteiger partial charge < -0.3 is 14.2 Å². The van der Waals surface area contributed by atoms with Crippen LogP contribution in [0.25, 0.3) is 0 Å². The lowest BCUT2D eigenvalue weighted by atomic mass is 10.1. The average Bonchev–Trinajstić information content (AvgIpc) is 2.60. The monoisotopic (exact) mass is 372 g/mol. The Balaban J connectivity index is 3.56. The Labute approximate surface area is 160 Å². The number of hydrogen-bond acceptors (Lipinski definition) is 3. The van der Waals surface area contributed by atoms with E-state index in [0.717, 1.165) is 6.04 Å². The maximum absolute atomic E-state index is 5.79. The summed E-state index contributed by atoms with van der Waals surface area (Å²) in [6.45, 7) is 10.2. The average molecular weight is 373 g/mol. The number of rotatable bonds is 20. The molecule has 0 N–H and O–H groups in total. The molecule has 0 saturated heterocycles. The van der Waals surface area contributed by atoms with Crippen molar-refractivity contribution in [3.63, 3.8) is 0 Å². The molecule has 0 saturated carbocycles. The van der Waals surface area contributed by atoms with Gasteiger partial charge in [0.1, 0.15) is 0 Å². The van der Waals surface area contributed by atoms with E-state index < -0.39 is 5.60 Å². The van der Waals surface area contributed by atoms with Gasteiger partial charge in [-0.25, -0.2) is 0 Å². The third kappa shape index (κ3) is 14.9. The highest BCUT2D eigenvalue weighted by molar-refractivity contribution is 6.38. The summed E-state index contributed by atoms with van der Waals surface area (Å²) in [4.78, 5) is 0. The van der Waals surface area contributed by atoms with Crippen molar-refractivity contribution in [1.82, 2.24) is 0 Å². The Hall–Kier alpha value is 0.0969. The Morgan fingerprint density at radius 2 is 0.880 bits per heavy atom. The van der Waals surface area contributed by atoms with Crippen LogP contribution in [0.15, 0.2) is 0 Å². The largest absolute Gasteiger partial charge is 0.332 e. The molecule has 0 aromatic heterocycles. The van der Waals surface area contributed by atoms with E-state index in [0.29, 0.717) is 29.3 Å². The van der Waals surface area contributed by atoms with Crippen LogP contribution in [0.1, 0.15) is 105 Å². The molecule has 0 rings (SSSR count). The van der Waals surface area contributed by atoms with E-state index in [1.807, 2.05) is 20.8 Å². The van der Waals surface area contributed by atoms with Gasteiger partial charge in [0.2, 0.25) is 0 Å². The van der Waals surface area contributed by atoms with E-state index >= 15 is 0 Å². The van der Waals surface area contributed by atoms with Crippen molar-refractivity contribution >= 4 is 9.52 Å². The van der Waals surface area contributed by atoms with Crippen LogP contribution in [-0.2, 0) is 14.2 Å². The zero-order valence-electron chi connectivity index (χ0n) is 17.5. The predicted octanol–water partition coefficient (Wildman–Crippen LogP) is 6.53. The molecular formula is C21H44O3Si. The molecule has 3 nitrogen and oxygen atoms in total. The summed E-state index contributed by atoms with van der Waals surface area (Å²) < 4.78 is 17.4. The topological polar surface area (TPSA) is 27.7 Å². The molecule has 150 valence electrons. The zero-order chi connectivity index (χ0) is 18.6. The first-order valence-electron chi connectivity index (χ1n) is 10.9. The van der Waals surface area contributed by atoms with Gasteiger partial charge in [-0.2, -0.15) is 0 Å². The third-order valence-corrected chi connectivity index (χ3v) is 5.84. The molecule has 0 aliphatic rings.